The van der Waals surface area contributed by atoms with Crippen LogP contribution in [-0.2, 0) is 17.8 Å². The maximum atomic E-state index is 13.8. The van der Waals surface area contributed by atoms with Crippen molar-refractivity contribution in [3.63, 3.8) is 0 Å². The molecule has 3 aromatic carbocycles. The first-order chi connectivity index (χ1) is 20.5. The zero-order valence-corrected chi connectivity index (χ0v) is 23.7. The van der Waals surface area contributed by atoms with Gasteiger partial charge in [-0.1, -0.05) is 61.9 Å². The van der Waals surface area contributed by atoms with Gasteiger partial charge in [-0.2, -0.15) is 22.0 Å². The first kappa shape index (κ1) is 29.1. The van der Waals surface area contributed by atoms with E-state index < -0.39 is 30.5 Å². The summed E-state index contributed by atoms with van der Waals surface area (Å²) in [5.41, 5.74) is 6.34. The highest BCUT2D eigenvalue weighted by Gasteiger charge is 2.57. The molecule has 6 rings (SSSR count). The third kappa shape index (κ3) is 5.04. The molecule has 226 valence electrons. The van der Waals surface area contributed by atoms with Crippen LogP contribution in [0.5, 0.6) is 0 Å². The number of rotatable bonds is 8. The lowest BCUT2D eigenvalue weighted by molar-refractivity contribution is -0.278. The summed E-state index contributed by atoms with van der Waals surface area (Å²) in [4.78, 5) is 30.8. The van der Waals surface area contributed by atoms with Crippen molar-refractivity contribution < 1.29 is 31.5 Å². The van der Waals surface area contributed by atoms with Crippen LogP contribution in [0.4, 0.5) is 27.6 Å². The van der Waals surface area contributed by atoms with Crippen LogP contribution < -0.4 is 10.2 Å². The first-order valence-electron chi connectivity index (χ1n) is 14.6. The molecule has 0 aromatic heterocycles. The third-order valence-electron chi connectivity index (χ3n) is 8.92. The van der Waals surface area contributed by atoms with Crippen LogP contribution in [0.3, 0.4) is 0 Å². The normalized spacial score (nSPS) is 19.4. The van der Waals surface area contributed by atoms with Crippen LogP contribution >= 0.6 is 0 Å². The molecule has 2 atom stereocenters. The van der Waals surface area contributed by atoms with Crippen molar-refractivity contribution >= 4 is 17.5 Å². The molecular weight excluding hydrogens is 565 g/mol. The van der Waals surface area contributed by atoms with Gasteiger partial charge in [0.15, 0.2) is 0 Å². The average Bonchev–Trinajstić information content (AvgIpc) is 3.68. The minimum absolute atomic E-state index is 0.00641. The van der Waals surface area contributed by atoms with Gasteiger partial charge in [0, 0.05) is 30.9 Å². The summed E-state index contributed by atoms with van der Waals surface area (Å²) in [6, 6.07) is 18.7. The molecule has 10 heteroatoms. The predicted molar refractivity (Wildman–Crippen MR) is 153 cm³/mol. The van der Waals surface area contributed by atoms with Crippen molar-refractivity contribution in [3.05, 3.63) is 88.5 Å². The van der Waals surface area contributed by atoms with E-state index in [1.165, 1.54) is 0 Å². The minimum atomic E-state index is -5.77. The molecular formula is C33H32F5N3O2. The molecule has 1 aliphatic carbocycles. The Morgan fingerprint density at radius 2 is 1.67 bits per heavy atom. The highest BCUT2D eigenvalue weighted by Crippen LogP contribution is 2.49. The van der Waals surface area contributed by atoms with Gasteiger partial charge < -0.3 is 15.1 Å². The summed E-state index contributed by atoms with van der Waals surface area (Å²) < 4.78 is 66.2. The molecule has 5 nitrogen and oxygen atoms in total. The number of carbonyl (C=O) groups is 2. The Labute approximate surface area is 246 Å². The SMILES string of the molecule is CCCCc1c(N2CCC(N3Cc4ccccc4C3=O)C2)ccc2c1C(C(=O)NCC(F)(F)C(F)(F)F)c1ccccc1-2. The fraction of sp³-hybridized carbons (Fsp3) is 0.394. The standard InChI is InChI=1S/C33H32F5N3O2/c1-2-3-9-26-27(40-16-15-21(18-40)41-17-20-8-4-5-10-22(20)31(41)43)14-13-25-23-11-6-7-12-24(23)29(28(25)26)30(42)39-19-32(34,35)33(36,37)38/h4-8,10-14,21,29H,2-3,9,15-19H2,1H3,(H,39,42). The van der Waals surface area contributed by atoms with E-state index in [0.717, 1.165) is 52.8 Å². The van der Waals surface area contributed by atoms with Gasteiger partial charge in [0.25, 0.3) is 5.91 Å². The Morgan fingerprint density at radius 1 is 0.953 bits per heavy atom. The molecule has 2 amide bonds. The van der Waals surface area contributed by atoms with E-state index in [0.29, 0.717) is 37.2 Å². The molecule has 0 bridgehead atoms. The molecule has 0 saturated carbocycles. The van der Waals surface area contributed by atoms with E-state index in [1.807, 2.05) is 65.7 Å². The third-order valence-corrected chi connectivity index (χ3v) is 8.92. The van der Waals surface area contributed by atoms with Crippen LogP contribution in [0, 0.1) is 0 Å². The number of benzene rings is 3. The maximum absolute atomic E-state index is 13.8. The number of hydrogen-bond donors (Lipinski definition) is 1. The molecule has 3 aromatic rings. The number of hydrogen-bond acceptors (Lipinski definition) is 3. The van der Waals surface area contributed by atoms with Crippen LogP contribution in [0.15, 0.2) is 60.7 Å². The van der Waals surface area contributed by atoms with Crippen LogP contribution in [-0.4, -0.2) is 54.5 Å². The average molecular weight is 598 g/mol. The summed E-state index contributed by atoms with van der Waals surface area (Å²) >= 11 is 0. The molecule has 43 heavy (non-hydrogen) atoms. The molecule has 3 aliphatic rings. The lowest BCUT2D eigenvalue weighted by atomic mass is 9.88. The largest absolute Gasteiger partial charge is 0.455 e. The van der Waals surface area contributed by atoms with E-state index in [2.05, 4.69) is 4.90 Å². The number of halogens is 5. The summed E-state index contributed by atoms with van der Waals surface area (Å²) in [5, 5.41) is 1.92. The van der Waals surface area contributed by atoms with Crippen molar-refractivity contribution in [2.24, 2.45) is 0 Å². The van der Waals surface area contributed by atoms with Gasteiger partial charge in [-0.25, -0.2) is 0 Å². The number of alkyl halides is 5. The molecule has 1 N–H and O–H groups in total. The van der Waals surface area contributed by atoms with Gasteiger partial charge in [-0.15, -0.1) is 0 Å². The van der Waals surface area contributed by atoms with Crippen LogP contribution in [0.1, 0.15) is 64.7 Å². The minimum Gasteiger partial charge on any atom is -0.369 e. The van der Waals surface area contributed by atoms with Gasteiger partial charge in [-0.3, -0.25) is 9.59 Å². The molecule has 2 unspecified atom stereocenters. The topological polar surface area (TPSA) is 52.7 Å². The van der Waals surface area contributed by atoms with Crippen LogP contribution in [0.25, 0.3) is 11.1 Å². The fourth-order valence-corrected chi connectivity index (χ4v) is 6.74. The molecule has 2 heterocycles. The molecule has 0 radical (unpaired) electrons. The highest BCUT2D eigenvalue weighted by molar-refractivity contribution is 5.99. The lowest BCUT2D eigenvalue weighted by Gasteiger charge is -2.28. The number of nitrogens with one attached hydrogen (secondary N) is 1. The van der Waals surface area contributed by atoms with Crippen molar-refractivity contribution in [2.75, 3.05) is 24.5 Å². The fourth-order valence-electron chi connectivity index (χ4n) is 6.74. The number of unbranched alkanes of at least 4 members (excludes halogenated alkanes) is 1. The van der Waals surface area contributed by atoms with E-state index >= 15 is 0 Å². The molecule has 0 spiro atoms. The van der Waals surface area contributed by atoms with Gasteiger partial charge in [0.2, 0.25) is 5.91 Å². The Hall–Kier alpha value is -3.95. The smallest absolute Gasteiger partial charge is 0.369 e. The van der Waals surface area contributed by atoms with Crippen molar-refractivity contribution in [2.45, 2.75) is 63.2 Å². The van der Waals surface area contributed by atoms with E-state index in [-0.39, 0.29) is 11.9 Å². The zero-order chi connectivity index (χ0) is 30.5. The predicted octanol–water partition coefficient (Wildman–Crippen LogP) is 6.69. The summed E-state index contributed by atoms with van der Waals surface area (Å²) in [7, 11) is 0. The van der Waals surface area contributed by atoms with Gasteiger partial charge in [-0.05, 0) is 64.8 Å². The van der Waals surface area contributed by atoms with Gasteiger partial charge in [0.1, 0.15) is 0 Å². The number of carbonyl (C=O) groups excluding carboxylic acids is 2. The maximum Gasteiger partial charge on any atom is 0.455 e. The van der Waals surface area contributed by atoms with Crippen molar-refractivity contribution in [1.29, 1.82) is 0 Å². The second kappa shape index (κ2) is 11.0. The quantitative estimate of drug-likeness (QED) is 0.295. The summed E-state index contributed by atoms with van der Waals surface area (Å²) in [5.74, 6) is -6.93. The summed E-state index contributed by atoms with van der Waals surface area (Å²) in [6.07, 6.45) is -2.72. The van der Waals surface area contributed by atoms with E-state index in [4.69, 9.17) is 0 Å². The Balaban J connectivity index is 1.33. The molecule has 1 fully saturated rings. The second-order valence-corrected chi connectivity index (χ2v) is 11.5. The van der Waals surface area contributed by atoms with Crippen molar-refractivity contribution in [3.8, 4) is 11.1 Å². The lowest BCUT2D eigenvalue weighted by Crippen LogP contribution is -2.47. The van der Waals surface area contributed by atoms with E-state index in [9.17, 15) is 31.5 Å². The molecule has 2 aliphatic heterocycles. The Kier molecular flexibility index (Phi) is 7.42. The second-order valence-electron chi connectivity index (χ2n) is 11.5. The Bertz CT molecular complexity index is 1570. The summed E-state index contributed by atoms with van der Waals surface area (Å²) in [6.45, 7) is 2.06. The van der Waals surface area contributed by atoms with Gasteiger partial charge >= 0.3 is 12.1 Å². The van der Waals surface area contributed by atoms with Crippen molar-refractivity contribution in [1.82, 2.24) is 10.2 Å². The van der Waals surface area contributed by atoms with Crippen LogP contribution in [0.2, 0.25) is 0 Å². The number of amides is 2. The monoisotopic (exact) mass is 597 g/mol. The molecule has 1 saturated heterocycles. The highest BCUT2D eigenvalue weighted by atomic mass is 19.4. The number of nitrogens with zero attached hydrogens (tertiary/aromatic N) is 2. The first-order valence-corrected chi connectivity index (χ1v) is 14.6. The number of fused-ring (bicyclic) bond motifs is 4. The van der Waals surface area contributed by atoms with Gasteiger partial charge in [0.05, 0.1) is 18.5 Å². The zero-order valence-electron chi connectivity index (χ0n) is 23.7. The number of anilines is 1. The van der Waals surface area contributed by atoms with E-state index in [1.54, 1.807) is 12.1 Å². The Morgan fingerprint density at radius 3 is 2.40 bits per heavy atom.